The van der Waals surface area contributed by atoms with Gasteiger partial charge in [0, 0.05) is 11.6 Å². The van der Waals surface area contributed by atoms with Gasteiger partial charge in [0.05, 0.1) is 7.11 Å². The molecule has 0 heterocycles. The highest BCUT2D eigenvalue weighted by atomic mass is 16.5. The van der Waals surface area contributed by atoms with Gasteiger partial charge in [0.1, 0.15) is 0 Å². The van der Waals surface area contributed by atoms with Crippen molar-refractivity contribution in [2.45, 2.75) is 122 Å². The zero-order valence-electron chi connectivity index (χ0n) is 19.5. The molecule has 1 aliphatic rings. The first kappa shape index (κ1) is 26.5. The van der Waals surface area contributed by atoms with Crippen LogP contribution in [0.15, 0.2) is 23.2 Å². The van der Waals surface area contributed by atoms with E-state index in [1.807, 2.05) is 0 Å². The van der Waals surface area contributed by atoms with Crippen LogP contribution in [-0.2, 0) is 14.3 Å². The second-order valence-corrected chi connectivity index (χ2v) is 8.64. The molecule has 0 unspecified atom stereocenters. The number of rotatable bonds is 19. The van der Waals surface area contributed by atoms with E-state index < -0.39 is 11.5 Å². The Morgan fingerprint density at radius 3 is 1.50 bits per heavy atom. The van der Waals surface area contributed by atoms with Gasteiger partial charge in [-0.25, -0.2) is 0 Å². The molecule has 1 N–H and O–H groups in total. The summed E-state index contributed by atoms with van der Waals surface area (Å²) in [7, 11) is 1.37. The Morgan fingerprint density at radius 2 is 1.10 bits per heavy atom. The number of ether oxygens (including phenoxy) is 1. The number of aliphatic hydroxyl groups is 1. The zero-order chi connectivity index (χ0) is 22.0. The maximum Gasteiger partial charge on any atom is 0.227 e. The molecule has 0 radical (unpaired) electrons. The van der Waals surface area contributed by atoms with Crippen LogP contribution in [0, 0.1) is 0 Å². The van der Waals surface area contributed by atoms with Crippen molar-refractivity contribution in [3.05, 3.63) is 23.2 Å². The molecule has 1 aliphatic carbocycles. The van der Waals surface area contributed by atoms with Crippen molar-refractivity contribution in [1.29, 1.82) is 0 Å². The lowest BCUT2D eigenvalue weighted by atomic mass is 9.94. The minimum Gasteiger partial charge on any atom is -0.504 e. The highest BCUT2D eigenvalue weighted by Crippen LogP contribution is 2.23. The molecule has 0 aromatic carbocycles. The van der Waals surface area contributed by atoms with Crippen molar-refractivity contribution >= 4 is 11.6 Å². The Morgan fingerprint density at radius 1 is 0.700 bits per heavy atom. The predicted octanol–water partition coefficient (Wildman–Crippen LogP) is 7.52. The summed E-state index contributed by atoms with van der Waals surface area (Å²) in [4.78, 5) is 23.8. The summed E-state index contributed by atoms with van der Waals surface area (Å²) in [5.74, 6) is -1.27. The first-order valence-corrected chi connectivity index (χ1v) is 12.4. The average Bonchev–Trinajstić information content (AvgIpc) is 2.75. The minimum atomic E-state index is -0.534. The van der Waals surface area contributed by atoms with Gasteiger partial charge in [-0.3, -0.25) is 9.59 Å². The van der Waals surface area contributed by atoms with Gasteiger partial charge >= 0.3 is 0 Å². The van der Waals surface area contributed by atoms with E-state index in [0.717, 1.165) is 25.3 Å². The molecule has 0 spiro atoms. The average molecular weight is 421 g/mol. The number of carbonyl (C=O) groups is 2. The Bertz CT molecular complexity index is 559. The van der Waals surface area contributed by atoms with Crippen LogP contribution in [0.25, 0.3) is 0 Å². The fourth-order valence-electron chi connectivity index (χ4n) is 4.07. The summed E-state index contributed by atoms with van der Waals surface area (Å²) >= 11 is 0. The Labute approximate surface area is 184 Å². The molecular formula is C26H44O4. The molecule has 0 amide bonds. The zero-order valence-corrected chi connectivity index (χ0v) is 19.5. The van der Waals surface area contributed by atoms with E-state index in [9.17, 15) is 14.7 Å². The Hall–Kier alpha value is -1.58. The number of aliphatic hydroxyl groups excluding tert-OH is 1. The third-order valence-corrected chi connectivity index (χ3v) is 6.03. The van der Waals surface area contributed by atoms with E-state index in [1.165, 1.54) is 97.0 Å². The van der Waals surface area contributed by atoms with Crippen molar-refractivity contribution in [3.63, 3.8) is 0 Å². The van der Waals surface area contributed by atoms with Gasteiger partial charge in [-0.05, 0) is 12.8 Å². The monoisotopic (exact) mass is 420 g/mol. The molecule has 30 heavy (non-hydrogen) atoms. The van der Waals surface area contributed by atoms with Crippen molar-refractivity contribution in [2.24, 2.45) is 0 Å². The van der Waals surface area contributed by atoms with Crippen LogP contribution in [0.1, 0.15) is 122 Å². The molecule has 1 rings (SSSR count). The van der Waals surface area contributed by atoms with Crippen LogP contribution in [0.4, 0.5) is 0 Å². The van der Waals surface area contributed by atoms with E-state index >= 15 is 0 Å². The standard InChI is InChI=1S/C26H44O4/c1-3-4-5-6-7-8-9-10-11-12-13-14-15-16-17-18-19-20-22-25(28)23(27)21-24(30-2)26(22)29/h21,28H,3-20H2,1-2H3. The molecule has 0 fully saturated rings. The van der Waals surface area contributed by atoms with Crippen LogP contribution >= 0.6 is 0 Å². The first-order chi connectivity index (χ1) is 14.6. The van der Waals surface area contributed by atoms with Gasteiger partial charge in [0.15, 0.2) is 11.5 Å². The van der Waals surface area contributed by atoms with E-state index in [2.05, 4.69) is 6.92 Å². The smallest absolute Gasteiger partial charge is 0.227 e. The van der Waals surface area contributed by atoms with Gasteiger partial charge in [-0.15, -0.1) is 0 Å². The Balaban J connectivity index is 1.92. The molecule has 0 aromatic heterocycles. The van der Waals surface area contributed by atoms with Gasteiger partial charge < -0.3 is 9.84 Å². The number of Topliss-reactive ketones (excluding diaryl/α,β-unsaturated/α-hetero) is 1. The van der Waals surface area contributed by atoms with E-state index in [4.69, 9.17) is 4.74 Å². The number of methoxy groups -OCH3 is 1. The summed E-state index contributed by atoms with van der Waals surface area (Å²) in [6, 6.07) is 0. The topological polar surface area (TPSA) is 63.6 Å². The summed E-state index contributed by atoms with van der Waals surface area (Å²) in [6.07, 6.45) is 23.6. The maximum absolute atomic E-state index is 12.2. The summed E-state index contributed by atoms with van der Waals surface area (Å²) in [5, 5.41) is 9.87. The maximum atomic E-state index is 12.2. The fraction of sp³-hybridized carbons (Fsp3) is 0.769. The van der Waals surface area contributed by atoms with Crippen molar-refractivity contribution < 1.29 is 19.4 Å². The minimum absolute atomic E-state index is 0.0276. The van der Waals surface area contributed by atoms with Gasteiger partial charge in [-0.1, -0.05) is 110 Å². The van der Waals surface area contributed by atoms with Crippen molar-refractivity contribution in [3.8, 4) is 0 Å². The predicted molar refractivity (Wildman–Crippen MR) is 124 cm³/mol. The van der Waals surface area contributed by atoms with E-state index in [0.29, 0.717) is 6.42 Å². The molecule has 0 bridgehead atoms. The number of allylic oxidation sites excluding steroid dienone is 2. The van der Waals surface area contributed by atoms with Gasteiger partial charge in [-0.2, -0.15) is 0 Å². The molecule has 172 valence electrons. The van der Waals surface area contributed by atoms with Crippen molar-refractivity contribution in [1.82, 2.24) is 0 Å². The number of hydrogen-bond acceptors (Lipinski definition) is 4. The Kier molecular flexibility index (Phi) is 15.1. The molecule has 0 saturated carbocycles. The van der Waals surface area contributed by atoms with Crippen LogP contribution in [0.5, 0.6) is 0 Å². The van der Waals surface area contributed by atoms with Gasteiger partial charge in [0.25, 0.3) is 0 Å². The molecule has 4 nitrogen and oxygen atoms in total. The SMILES string of the molecule is CCCCCCCCCCCCCCCCCCCC1=C(O)C(=O)C=C(OC)C1=O. The fourth-order valence-corrected chi connectivity index (χ4v) is 4.07. The third-order valence-electron chi connectivity index (χ3n) is 6.03. The number of carbonyl (C=O) groups excluding carboxylic acids is 2. The summed E-state index contributed by atoms with van der Waals surface area (Å²) in [5.41, 5.74) is 0.209. The second-order valence-electron chi connectivity index (χ2n) is 8.64. The van der Waals surface area contributed by atoms with Crippen molar-refractivity contribution in [2.75, 3.05) is 7.11 Å². The largest absolute Gasteiger partial charge is 0.504 e. The number of ketones is 2. The van der Waals surface area contributed by atoms with Gasteiger partial charge in [0.2, 0.25) is 11.6 Å². The van der Waals surface area contributed by atoms with Crippen LogP contribution in [0.2, 0.25) is 0 Å². The molecule has 0 saturated heterocycles. The lowest BCUT2D eigenvalue weighted by molar-refractivity contribution is -0.119. The highest BCUT2D eigenvalue weighted by molar-refractivity contribution is 6.20. The molecule has 0 atom stereocenters. The molecule has 0 aliphatic heterocycles. The van der Waals surface area contributed by atoms with Crippen LogP contribution in [0.3, 0.4) is 0 Å². The first-order valence-electron chi connectivity index (χ1n) is 12.4. The second kappa shape index (κ2) is 17.1. The van der Waals surface area contributed by atoms with E-state index in [-0.39, 0.29) is 17.1 Å². The lowest BCUT2D eigenvalue weighted by Gasteiger charge is -2.14. The lowest BCUT2D eigenvalue weighted by Crippen LogP contribution is -2.20. The normalized spacial score (nSPS) is 14.4. The number of unbranched alkanes of at least 4 members (excludes halogenated alkanes) is 16. The third kappa shape index (κ3) is 11.0. The van der Waals surface area contributed by atoms with Crippen LogP contribution < -0.4 is 0 Å². The molecular weight excluding hydrogens is 376 g/mol. The van der Waals surface area contributed by atoms with E-state index in [1.54, 1.807) is 0 Å². The molecule has 4 heteroatoms. The summed E-state index contributed by atoms with van der Waals surface area (Å²) in [6.45, 7) is 2.27. The quantitative estimate of drug-likeness (QED) is 0.173. The number of hydrogen-bond donors (Lipinski definition) is 1. The highest BCUT2D eigenvalue weighted by Gasteiger charge is 2.28. The van der Waals surface area contributed by atoms with Crippen LogP contribution in [-0.4, -0.2) is 23.8 Å². The summed E-state index contributed by atoms with van der Waals surface area (Å²) < 4.78 is 4.93. The molecule has 0 aromatic rings.